The van der Waals surface area contributed by atoms with Crippen molar-refractivity contribution < 1.29 is 19.1 Å². The summed E-state index contributed by atoms with van der Waals surface area (Å²) >= 11 is 0. The van der Waals surface area contributed by atoms with E-state index in [0.29, 0.717) is 32.5 Å². The lowest BCUT2D eigenvalue weighted by molar-refractivity contribution is -0.130. The molecule has 1 aromatic carbocycles. The molecule has 0 spiro atoms. The average Bonchev–Trinajstić information content (AvgIpc) is 2.87. The summed E-state index contributed by atoms with van der Waals surface area (Å²) in [5.74, 6) is -0.268. The third-order valence-electron chi connectivity index (χ3n) is 6.05. The Balaban J connectivity index is 1.47. The summed E-state index contributed by atoms with van der Waals surface area (Å²) in [6.07, 6.45) is 4.08. The fourth-order valence-corrected chi connectivity index (χ4v) is 4.41. The Morgan fingerprint density at radius 3 is 2.48 bits per heavy atom. The predicted octanol–water partition coefficient (Wildman–Crippen LogP) is 1.71. The van der Waals surface area contributed by atoms with E-state index in [4.69, 9.17) is 0 Å². The molecule has 3 rings (SSSR count). The molecule has 2 amide bonds. The molecular formula is C22H32FN3O3. The molecule has 1 atom stereocenters. The van der Waals surface area contributed by atoms with Crippen LogP contribution < -0.4 is 5.32 Å². The predicted molar refractivity (Wildman–Crippen MR) is 109 cm³/mol. The Labute approximate surface area is 172 Å². The van der Waals surface area contributed by atoms with Gasteiger partial charge in [0.25, 0.3) is 0 Å². The van der Waals surface area contributed by atoms with Crippen molar-refractivity contribution in [2.45, 2.75) is 57.1 Å². The van der Waals surface area contributed by atoms with E-state index in [0.717, 1.165) is 37.9 Å². The fraction of sp³-hybridized carbons (Fsp3) is 0.636. The molecule has 7 heteroatoms. The Bertz CT molecular complexity index is 704. The lowest BCUT2D eigenvalue weighted by Gasteiger charge is -2.38. The van der Waals surface area contributed by atoms with E-state index in [1.807, 2.05) is 4.90 Å². The summed E-state index contributed by atoms with van der Waals surface area (Å²) < 4.78 is 13.0. The van der Waals surface area contributed by atoms with Crippen LogP contribution in [0.3, 0.4) is 0 Å². The van der Waals surface area contributed by atoms with Crippen molar-refractivity contribution in [1.82, 2.24) is 15.1 Å². The highest BCUT2D eigenvalue weighted by Crippen LogP contribution is 2.25. The van der Waals surface area contributed by atoms with E-state index in [1.54, 1.807) is 19.1 Å². The number of piperidine rings is 1. The minimum absolute atomic E-state index is 0.0104. The number of nitrogens with one attached hydrogen (secondary N) is 1. The maximum Gasteiger partial charge on any atom is 0.226 e. The quantitative estimate of drug-likeness (QED) is 0.782. The molecule has 160 valence electrons. The first-order valence-electron chi connectivity index (χ1n) is 10.6. The number of β-amino-alcohol motifs (C(OH)–C–C–N with tert-alkyl or cyclic N) is 1. The molecule has 2 saturated heterocycles. The average molecular weight is 406 g/mol. The minimum Gasteiger partial charge on any atom is -0.388 e. The summed E-state index contributed by atoms with van der Waals surface area (Å²) in [5, 5.41) is 14.1. The number of benzene rings is 1. The second-order valence-electron chi connectivity index (χ2n) is 8.51. The largest absolute Gasteiger partial charge is 0.388 e. The maximum absolute atomic E-state index is 13.0. The highest BCUT2D eigenvalue weighted by Gasteiger charge is 2.34. The molecule has 0 radical (unpaired) electrons. The molecule has 0 bridgehead atoms. The molecule has 0 aliphatic carbocycles. The number of aliphatic hydroxyl groups is 1. The van der Waals surface area contributed by atoms with Gasteiger partial charge in [0, 0.05) is 45.7 Å². The Morgan fingerprint density at radius 1 is 1.14 bits per heavy atom. The van der Waals surface area contributed by atoms with Gasteiger partial charge in [-0.25, -0.2) is 4.39 Å². The first-order chi connectivity index (χ1) is 13.8. The number of carbonyl (C=O) groups excluding carboxylic acids is 2. The number of halogens is 1. The second kappa shape index (κ2) is 9.67. The zero-order valence-corrected chi connectivity index (χ0v) is 17.2. The van der Waals surface area contributed by atoms with Crippen LogP contribution in [0.25, 0.3) is 0 Å². The van der Waals surface area contributed by atoms with Crippen molar-refractivity contribution in [2.75, 3.05) is 32.7 Å². The van der Waals surface area contributed by atoms with Crippen LogP contribution in [0.4, 0.5) is 4.39 Å². The first-order valence-corrected chi connectivity index (χ1v) is 10.6. The highest BCUT2D eigenvalue weighted by atomic mass is 19.1. The zero-order chi connectivity index (χ0) is 20.9. The molecule has 1 unspecified atom stereocenters. The molecule has 0 aromatic heterocycles. The lowest BCUT2D eigenvalue weighted by atomic mass is 9.93. The SMILES string of the molecule is CC(=O)NC1CCN(CC2(O)CCCN(C(=O)Cc3ccc(F)cc3)CC2)CC1. The third-order valence-corrected chi connectivity index (χ3v) is 6.05. The van der Waals surface area contributed by atoms with Gasteiger partial charge in [-0.1, -0.05) is 12.1 Å². The summed E-state index contributed by atoms with van der Waals surface area (Å²) in [4.78, 5) is 27.9. The third kappa shape index (κ3) is 6.51. The van der Waals surface area contributed by atoms with E-state index in [9.17, 15) is 19.1 Å². The number of carbonyl (C=O) groups is 2. The number of likely N-dealkylation sites (tertiary alicyclic amines) is 2. The minimum atomic E-state index is -0.786. The van der Waals surface area contributed by atoms with Gasteiger partial charge in [-0.15, -0.1) is 0 Å². The first kappa shape index (κ1) is 21.7. The van der Waals surface area contributed by atoms with E-state index >= 15 is 0 Å². The molecule has 6 nitrogen and oxygen atoms in total. The van der Waals surface area contributed by atoms with Crippen LogP contribution in [0.1, 0.15) is 44.6 Å². The zero-order valence-electron chi connectivity index (χ0n) is 17.2. The van der Waals surface area contributed by atoms with Crippen molar-refractivity contribution in [2.24, 2.45) is 0 Å². The van der Waals surface area contributed by atoms with Crippen molar-refractivity contribution in [1.29, 1.82) is 0 Å². The van der Waals surface area contributed by atoms with Crippen molar-refractivity contribution in [3.05, 3.63) is 35.6 Å². The smallest absolute Gasteiger partial charge is 0.226 e. The van der Waals surface area contributed by atoms with Crippen LogP contribution in [0.2, 0.25) is 0 Å². The van der Waals surface area contributed by atoms with Crippen molar-refractivity contribution >= 4 is 11.8 Å². The molecule has 2 aliphatic heterocycles. The van der Waals surface area contributed by atoms with Gasteiger partial charge in [0.2, 0.25) is 11.8 Å². The van der Waals surface area contributed by atoms with Crippen LogP contribution in [-0.4, -0.2) is 71.1 Å². The summed E-state index contributed by atoms with van der Waals surface area (Å²) in [5.41, 5.74) is 0.0177. The topological polar surface area (TPSA) is 72.9 Å². The molecular weight excluding hydrogens is 373 g/mol. The van der Waals surface area contributed by atoms with E-state index in [1.165, 1.54) is 12.1 Å². The maximum atomic E-state index is 13.0. The Morgan fingerprint density at radius 2 is 1.83 bits per heavy atom. The van der Waals surface area contributed by atoms with Gasteiger partial charge in [-0.05, 0) is 49.8 Å². The van der Waals surface area contributed by atoms with Gasteiger partial charge in [0.1, 0.15) is 5.82 Å². The van der Waals surface area contributed by atoms with Crippen LogP contribution >= 0.6 is 0 Å². The number of nitrogens with zero attached hydrogens (tertiary/aromatic N) is 2. The van der Waals surface area contributed by atoms with Gasteiger partial charge in [0.15, 0.2) is 0 Å². The van der Waals surface area contributed by atoms with Gasteiger partial charge in [-0.2, -0.15) is 0 Å². The summed E-state index contributed by atoms with van der Waals surface area (Å²) in [6, 6.07) is 6.27. The highest BCUT2D eigenvalue weighted by molar-refractivity contribution is 5.78. The molecule has 2 N–H and O–H groups in total. The lowest BCUT2D eigenvalue weighted by Crippen LogP contribution is -2.50. The summed E-state index contributed by atoms with van der Waals surface area (Å²) in [7, 11) is 0. The number of rotatable bonds is 5. The van der Waals surface area contributed by atoms with Gasteiger partial charge >= 0.3 is 0 Å². The van der Waals surface area contributed by atoms with Gasteiger partial charge in [0.05, 0.1) is 12.0 Å². The molecule has 2 heterocycles. The van der Waals surface area contributed by atoms with Gasteiger partial charge < -0.3 is 20.2 Å². The van der Waals surface area contributed by atoms with Crippen LogP contribution in [0, 0.1) is 5.82 Å². The number of hydrogen-bond acceptors (Lipinski definition) is 4. The Kier molecular flexibility index (Phi) is 7.24. The monoisotopic (exact) mass is 405 g/mol. The Hall–Kier alpha value is -1.99. The van der Waals surface area contributed by atoms with E-state index < -0.39 is 5.60 Å². The van der Waals surface area contributed by atoms with Crippen molar-refractivity contribution in [3.63, 3.8) is 0 Å². The van der Waals surface area contributed by atoms with E-state index in [2.05, 4.69) is 10.2 Å². The number of amides is 2. The molecule has 0 saturated carbocycles. The molecule has 1 aromatic rings. The summed E-state index contributed by atoms with van der Waals surface area (Å²) in [6.45, 7) is 5.07. The fourth-order valence-electron chi connectivity index (χ4n) is 4.41. The molecule has 2 fully saturated rings. The van der Waals surface area contributed by atoms with Crippen LogP contribution in [0.15, 0.2) is 24.3 Å². The second-order valence-corrected chi connectivity index (χ2v) is 8.51. The molecule has 2 aliphatic rings. The normalized spacial score (nSPS) is 24.2. The van der Waals surface area contributed by atoms with Crippen LogP contribution in [0.5, 0.6) is 0 Å². The van der Waals surface area contributed by atoms with E-state index in [-0.39, 0.29) is 30.1 Å². The van der Waals surface area contributed by atoms with Crippen LogP contribution in [-0.2, 0) is 16.0 Å². The van der Waals surface area contributed by atoms with Crippen molar-refractivity contribution in [3.8, 4) is 0 Å². The standard InChI is InChI=1S/C22H32FN3O3/c1-17(27)24-20-7-12-25(13-8-20)16-22(29)9-2-11-26(14-10-22)21(28)15-18-3-5-19(23)6-4-18/h3-6,20,29H,2,7-16H2,1H3,(H,24,27). The molecule has 29 heavy (non-hydrogen) atoms. The number of hydrogen-bond donors (Lipinski definition) is 2. The van der Waals surface area contributed by atoms with Gasteiger partial charge in [-0.3, -0.25) is 9.59 Å².